The number of amidine groups is 1. The average Bonchev–Trinajstić information content (AvgIpc) is 3.22. The average molecular weight is 341 g/mol. The Morgan fingerprint density at radius 3 is 2.71 bits per heavy atom. The van der Waals surface area contributed by atoms with Crippen LogP contribution in [0.3, 0.4) is 0 Å². The van der Waals surface area contributed by atoms with E-state index in [-0.39, 0.29) is 12.4 Å². The topological polar surface area (TPSA) is 37.5 Å². The third kappa shape index (κ3) is 3.46. The Labute approximate surface area is 148 Å². The summed E-state index contributed by atoms with van der Waals surface area (Å²) >= 11 is 0. The minimum atomic E-state index is 0. The minimum Gasteiger partial charge on any atom is -0.468 e. The van der Waals surface area contributed by atoms with Crippen LogP contribution in [0, 0.1) is 0 Å². The van der Waals surface area contributed by atoms with Crippen LogP contribution in [-0.4, -0.2) is 18.9 Å². The molecular formula is C20H21ClN2O. The Hall–Kier alpha value is -2.26. The lowest BCUT2D eigenvalue weighted by atomic mass is 10.0. The summed E-state index contributed by atoms with van der Waals surface area (Å²) in [7, 11) is 0. The van der Waals surface area contributed by atoms with Crippen LogP contribution in [0.25, 0.3) is 10.8 Å². The Balaban J connectivity index is 0.00000169. The summed E-state index contributed by atoms with van der Waals surface area (Å²) in [4.78, 5) is 4.66. The fraction of sp³-hybridized carbons (Fsp3) is 0.250. The van der Waals surface area contributed by atoms with Crippen molar-refractivity contribution in [1.82, 2.24) is 5.32 Å². The maximum absolute atomic E-state index is 5.82. The highest BCUT2D eigenvalue weighted by atomic mass is 35.5. The van der Waals surface area contributed by atoms with Crippen LogP contribution in [0.15, 0.2) is 70.3 Å². The lowest BCUT2D eigenvalue weighted by molar-refractivity contribution is 0.481. The molecule has 4 rings (SSSR count). The van der Waals surface area contributed by atoms with Gasteiger partial charge in [-0.2, -0.15) is 0 Å². The molecule has 1 aliphatic heterocycles. The summed E-state index contributed by atoms with van der Waals surface area (Å²) in [5.74, 6) is 2.53. The van der Waals surface area contributed by atoms with Gasteiger partial charge in [-0.25, -0.2) is 0 Å². The fourth-order valence-corrected chi connectivity index (χ4v) is 3.21. The van der Waals surface area contributed by atoms with E-state index in [1.54, 1.807) is 0 Å². The molecule has 1 atom stereocenters. The molecule has 1 aliphatic rings. The zero-order valence-corrected chi connectivity index (χ0v) is 14.3. The number of nitrogens with zero attached hydrogens (tertiary/aromatic N) is 1. The third-order valence-corrected chi connectivity index (χ3v) is 4.44. The zero-order chi connectivity index (χ0) is 15.5. The quantitative estimate of drug-likeness (QED) is 0.755. The summed E-state index contributed by atoms with van der Waals surface area (Å²) < 4.78 is 5.82. The van der Waals surface area contributed by atoms with E-state index in [9.17, 15) is 0 Å². The molecule has 0 saturated carbocycles. The summed E-state index contributed by atoms with van der Waals surface area (Å²) in [6, 6.07) is 18.9. The van der Waals surface area contributed by atoms with Gasteiger partial charge in [-0.1, -0.05) is 54.6 Å². The van der Waals surface area contributed by atoms with Gasteiger partial charge in [0.1, 0.15) is 5.76 Å². The first kappa shape index (κ1) is 16.6. The van der Waals surface area contributed by atoms with E-state index in [1.807, 2.05) is 12.3 Å². The first-order valence-electron chi connectivity index (χ1n) is 8.17. The molecule has 0 saturated heterocycles. The predicted octanol–water partition coefficient (Wildman–Crippen LogP) is 4.57. The lowest BCUT2D eigenvalue weighted by Gasteiger charge is -2.08. The number of hydrogen-bond donors (Lipinski definition) is 1. The van der Waals surface area contributed by atoms with Gasteiger partial charge in [-0.15, -0.1) is 12.4 Å². The Kier molecular flexibility index (Phi) is 5.21. The number of aliphatic imine (C=N–C) groups is 1. The lowest BCUT2D eigenvalue weighted by Crippen LogP contribution is -2.24. The van der Waals surface area contributed by atoms with E-state index in [2.05, 4.69) is 58.8 Å². The second-order valence-electron chi connectivity index (χ2n) is 6.04. The third-order valence-electron chi connectivity index (χ3n) is 4.44. The number of hydrogen-bond acceptors (Lipinski definition) is 3. The normalized spacial score (nSPS) is 16.7. The van der Waals surface area contributed by atoms with E-state index in [0.717, 1.165) is 37.5 Å². The predicted molar refractivity (Wildman–Crippen MR) is 101 cm³/mol. The number of benzene rings is 2. The SMILES string of the molecule is Cl.c1ccc(CCNC2=NCC(c3occ4ccccc34)C2)cc1. The molecule has 3 nitrogen and oxygen atoms in total. The summed E-state index contributed by atoms with van der Waals surface area (Å²) in [6.07, 6.45) is 3.81. The molecule has 0 spiro atoms. The van der Waals surface area contributed by atoms with E-state index in [0.29, 0.717) is 5.92 Å². The van der Waals surface area contributed by atoms with Crippen molar-refractivity contribution in [2.75, 3.05) is 13.1 Å². The number of fused-ring (bicyclic) bond motifs is 1. The van der Waals surface area contributed by atoms with E-state index >= 15 is 0 Å². The highest BCUT2D eigenvalue weighted by Crippen LogP contribution is 2.32. The molecule has 1 N–H and O–H groups in total. The van der Waals surface area contributed by atoms with Gasteiger partial charge >= 0.3 is 0 Å². The molecular weight excluding hydrogens is 320 g/mol. The van der Waals surface area contributed by atoms with E-state index in [4.69, 9.17) is 4.42 Å². The van der Waals surface area contributed by atoms with Gasteiger partial charge in [0, 0.05) is 29.7 Å². The Bertz CT molecular complexity index is 826. The van der Waals surface area contributed by atoms with E-state index < -0.39 is 0 Å². The monoisotopic (exact) mass is 340 g/mol. The van der Waals surface area contributed by atoms with Gasteiger partial charge in [0.05, 0.1) is 18.6 Å². The highest BCUT2D eigenvalue weighted by Gasteiger charge is 2.24. The second-order valence-corrected chi connectivity index (χ2v) is 6.04. The first-order valence-corrected chi connectivity index (χ1v) is 8.17. The van der Waals surface area contributed by atoms with Crippen molar-refractivity contribution in [2.45, 2.75) is 18.8 Å². The molecule has 4 heteroatoms. The molecule has 0 radical (unpaired) electrons. The van der Waals surface area contributed by atoms with Crippen LogP contribution in [0.2, 0.25) is 0 Å². The summed E-state index contributed by atoms with van der Waals surface area (Å²) in [5.41, 5.74) is 1.35. The van der Waals surface area contributed by atoms with Crippen LogP contribution in [0.1, 0.15) is 23.7 Å². The van der Waals surface area contributed by atoms with Crippen molar-refractivity contribution < 1.29 is 4.42 Å². The molecule has 2 aromatic carbocycles. The second kappa shape index (κ2) is 7.54. The van der Waals surface area contributed by atoms with Crippen molar-refractivity contribution in [3.63, 3.8) is 0 Å². The standard InChI is InChI=1S/C20H20N2O.ClH/c1-2-6-15(7-3-1)10-11-21-19-12-17(13-22-19)20-18-9-5-4-8-16(18)14-23-20;/h1-9,14,17H,10-13H2,(H,21,22);1H. The van der Waals surface area contributed by atoms with Gasteiger partial charge in [-0.3, -0.25) is 4.99 Å². The van der Waals surface area contributed by atoms with Crippen LogP contribution in [-0.2, 0) is 6.42 Å². The van der Waals surface area contributed by atoms with Crippen LogP contribution < -0.4 is 5.32 Å². The van der Waals surface area contributed by atoms with Crippen molar-refractivity contribution in [1.29, 1.82) is 0 Å². The molecule has 0 aliphatic carbocycles. The van der Waals surface area contributed by atoms with Crippen LogP contribution >= 0.6 is 12.4 Å². The molecule has 2 heterocycles. The van der Waals surface area contributed by atoms with Crippen molar-refractivity contribution in [3.8, 4) is 0 Å². The van der Waals surface area contributed by atoms with Crippen LogP contribution in [0.4, 0.5) is 0 Å². The summed E-state index contributed by atoms with van der Waals surface area (Å²) in [5, 5.41) is 5.87. The molecule has 0 amide bonds. The molecule has 24 heavy (non-hydrogen) atoms. The molecule has 3 aromatic rings. The Morgan fingerprint density at radius 2 is 1.83 bits per heavy atom. The molecule has 1 unspecified atom stereocenters. The van der Waals surface area contributed by atoms with Crippen molar-refractivity contribution in [2.24, 2.45) is 4.99 Å². The van der Waals surface area contributed by atoms with Crippen molar-refractivity contribution in [3.05, 3.63) is 72.2 Å². The smallest absolute Gasteiger partial charge is 0.116 e. The maximum atomic E-state index is 5.82. The van der Waals surface area contributed by atoms with E-state index in [1.165, 1.54) is 16.3 Å². The number of furan rings is 1. The highest BCUT2D eigenvalue weighted by molar-refractivity contribution is 5.88. The summed E-state index contributed by atoms with van der Waals surface area (Å²) in [6.45, 7) is 1.74. The molecule has 124 valence electrons. The number of rotatable bonds is 4. The number of nitrogens with one attached hydrogen (secondary N) is 1. The van der Waals surface area contributed by atoms with Gasteiger partial charge in [-0.05, 0) is 12.0 Å². The first-order chi connectivity index (χ1) is 11.4. The van der Waals surface area contributed by atoms with Gasteiger partial charge in [0.2, 0.25) is 0 Å². The zero-order valence-electron chi connectivity index (χ0n) is 13.4. The van der Waals surface area contributed by atoms with Gasteiger partial charge < -0.3 is 9.73 Å². The molecule has 1 aromatic heterocycles. The molecule has 0 bridgehead atoms. The van der Waals surface area contributed by atoms with Gasteiger partial charge in [0.25, 0.3) is 0 Å². The Morgan fingerprint density at radius 1 is 1.04 bits per heavy atom. The van der Waals surface area contributed by atoms with Crippen LogP contribution in [0.5, 0.6) is 0 Å². The minimum absolute atomic E-state index is 0. The largest absolute Gasteiger partial charge is 0.468 e. The number of halogens is 1. The van der Waals surface area contributed by atoms with Gasteiger partial charge in [0.15, 0.2) is 0 Å². The fourth-order valence-electron chi connectivity index (χ4n) is 3.21. The van der Waals surface area contributed by atoms with Crippen molar-refractivity contribution >= 4 is 29.0 Å². The maximum Gasteiger partial charge on any atom is 0.116 e. The molecule has 0 fully saturated rings.